The van der Waals surface area contributed by atoms with Gasteiger partial charge in [0.05, 0.1) is 41.8 Å². The molecule has 5 amide bonds. The molecule has 3 aromatic carbocycles. The summed E-state index contributed by atoms with van der Waals surface area (Å²) in [7, 11) is 1.48. The molecule has 2 bridgehead atoms. The van der Waals surface area contributed by atoms with Crippen LogP contribution in [-0.2, 0) is 45.4 Å². The quantitative estimate of drug-likeness (QED) is 0.0157. The van der Waals surface area contributed by atoms with Crippen molar-refractivity contribution in [3.8, 4) is 11.5 Å². The Morgan fingerprint density at radius 3 is 1.80 bits per heavy atom. The van der Waals surface area contributed by atoms with Crippen LogP contribution in [0.1, 0.15) is 164 Å². The van der Waals surface area contributed by atoms with E-state index >= 15 is 0 Å². The monoisotopic (exact) mass is 1410 g/mol. The molecule has 3 atom stereocenters. The van der Waals surface area contributed by atoms with Crippen molar-refractivity contribution in [2.24, 2.45) is 11.5 Å². The zero-order valence-electron chi connectivity index (χ0n) is 59.2. The highest BCUT2D eigenvalue weighted by molar-refractivity contribution is 7.21. The van der Waals surface area contributed by atoms with Gasteiger partial charge in [0.2, 0.25) is 23.7 Å². The third-order valence-corrected chi connectivity index (χ3v) is 21.5. The van der Waals surface area contributed by atoms with Crippen LogP contribution in [0.3, 0.4) is 0 Å². The lowest BCUT2D eigenvalue weighted by molar-refractivity contribution is 0.0935. The summed E-state index contributed by atoms with van der Waals surface area (Å²) in [6.45, 7) is 17.0. The van der Waals surface area contributed by atoms with Crippen LogP contribution in [0.25, 0.3) is 32.3 Å². The van der Waals surface area contributed by atoms with E-state index in [0.29, 0.717) is 98.7 Å². The van der Waals surface area contributed by atoms with Gasteiger partial charge in [-0.15, -0.1) is 11.3 Å². The summed E-state index contributed by atoms with van der Waals surface area (Å²) >= 11 is 1.41. The minimum absolute atomic E-state index is 0.0720. The van der Waals surface area contributed by atoms with Gasteiger partial charge in [0.1, 0.15) is 43.6 Å². The SMILES string of the molecule is CCn1nc(C)cc1C(=O)Nc1nc2cc(C(N)=O)cc(OC)c2n1C/C=C/Cn1c(NC(=O)c2cc(C)nn2CC)nc2cc(C(N)=O)cc(OCCCN3CCN(CCCCCCCCCc4ccc5c(N)c(C(=O)N[C@H]6CCc7cc(N8C[C@H]9CC[C@@H](C8)N9)ccc7C6)sc5n4)CC3)c21. The van der Waals surface area contributed by atoms with E-state index in [2.05, 4.69) is 70.4 Å². The lowest BCUT2D eigenvalue weighted by atomic mass is 9.87. The van der Waals surface area contributed by atoms with Crippen molar-refractivity contribution in [1.82, 2.24) is 64.1 Å². The number of carbonyl (C=O) groups excluding carboxylic acids is 5. The number of carbonyl (C=O) groups is 5. The number of ether oxygens (including phenoxy) is 2. The van der Waals surface area contributed by atoms with Gasteiger partial charge in [0.15, 0.2) is 0 Å². The van der Waals surface area contributed by atoms with Crippen molar-refractivity contribution in [2.45, 2.75) is 162 Å². The largest absolute Gasteiger partial charge is 0.494 e. The number of fused-ring (bicyclic) bond motifs is 6. The molecular weight excluding hydrogens is 1310 g/mol. The zero-order chi connectivity index (χ0) is 71.1. The molecule has 0 saturated carbocycles. The van der Waals surface area contributed by atoms with E-state index in [1.807, 2.05) is 50.5 Å². The molecule has 13 rings (SSSR count). The topological polar surface area (TPSA) is 324 Å². The van der Waals surface area contributed by atoms with Gasteiger partial charge in [-0.2, -0.15) is 10.2 Å². The second kappa shape index (κ2) is 31.7. The summed E-state index contributed by atoms with van der Waals surface area (Å²) < 4.78 is 19.2. The van der Waals surface area contributed by atoms with Crippen LogP contribution < -0.4 is 52.8 Å². The maximum Gasteiger partial charge on any atom is 0.276 e. The van der Waals surface area contributed by atoms with Gasteiger partial charge in [-0.3, -0.25) is 44.0 Å². The van der Waals surface area contributed by atoms with Crippen LogP contribution >= 0.6 is 11.3 Å². The Morgan fingerprint density at radius 2 is 1.22 bits per heavy atom. The number of allylic oxidation sites excluding steroid dienone is 2. The summed E-state index contributed by atoms with van der Waals surface area (Å²) in [6.07, 6.45) is 18.9. The van der Waals surface area contributed by atoms with Gasteiger partial charge in [-0.1, -0.05) is 50.3 Å². The van der Waals surface area contributed by atoms with E-state index in [4.69, 9.17) is 41.6 Å². The molecule has 6 aromatic heterocycles. The van der Waals surface area contributed by atoms with Crippen molar-refractivity contribution < 1.29 is 33.4 Å². The zero-order valence-corrected chi connectivity index (χ0v) is 60.0. The molecule has 3 aliphatic heterocycles. The molecule has 10 N–H and O–H groups in total. The minimum Gasteiger partial charge on any atom is -0.494 e. The van der Waals surface area contributed by atoms with Crippen molar-refractivity contribution in [3.63, 3.8) is 0 Å². The fourth-order valence-electron chi connectivity index (χ4n) is 15.1. The molecule has 102 heavy (non-hydrogen) atoms. The number of nitrogens with two attached hydrogens (primary N) is 3. The van der Waals surface area contributed by atoms with E-state index in [0.717, 1.165) is 113 Å². The fraction of sp³-hybridized carbons (Fsp3) is 0.467. The number of anilines is 4. The first kappa shape index (κ1) is 70.7. The third kappa shape index (κ3) is 16.0. The predicted octanol–water partition coefficient (Wildman–Crippen LogP) is 9.18. The first-order chi connectivity index (χ1) is 49.5. The number of nitrogens with one attached hydrogen (secondary N) is 4. The van der Waals surface area contributed by atoms with Crippen molar-refractivity contribution in [1.29, 1.82) is 0 Å². The number of hydrogen-bond donors (Lipinski definition) is 7. The molecule has 9 heterocycles. The van der Waals surface area contributed by atoms with E-state index < -0.39 is 23.6 Å². The van der Waals surface area contributed by atoms with Crippen LogP contribution in [0.4, 0.5) is 23.3 Å². The van der Waals surface area contributed by atoms with E-state index in [9.17, 15) is 24.0 Å². The molecule has 3 saturated heterocycles. The molecular formula is C75H95N19O7S. The average molecular weight is 1410 g/mol. The summed E-state index contributed by atoms with van der Waals surface area (Å²) in [5.74, 6) is -1.21. The number of unbranched alkanes of at least 4 members (excludes halogenated alkanes) is 6. The average Bonchev–Trinajstić information content (AvgIpc) is 1.57. The van der Waals surface area contributed by atoms with Crippen LogP contribution in [0.15, 0.2) is 78.9 Å². The highest BCUT2D eigenvalue weighted by Gasteiger charge is 2.34. The van der Waals surface area contributed by atoms with Gasteiger partial charge < -0.3 is 61.1 Å². The van der Waals surface area contributed by atoms with Gasteiger partial charge in [-0.05, 0) is 164 Å². The van der Waals surface area contributed by atoms with E-state index in [1.165, 1.54) is 86.3 Å². The molecule has 538 valence electrons. The number of rotatable bonds is 31. The first-order valence-electron chi connectivity index (χ1n) is 36.3. The Kier molecular flexibility index (Phi) is 22.0. The Morgan fingerprint density at radius 1 is 0.647 bits per heavy atom. The van der Waals surface area contributed by atoms with Gasteiger partial charge in [-0.25, -0.2) is 15.0 Å². The predicted molar refractivity (Wildman–Crippen MR) is 398 cm³/mol. The molecule has 27 heteroatoms. The highest BCUT2D eigenvalue weighted by atomic mass is 32.1. The summed E-state index contributed by atoms with van der Waals surface area (Å²) in [4.78, 5) is 90.6. The summed E-state index contributed by atoms with van der Waals surface area (Å²) in [5, 5.41) is 22.8. The minimum atomic E-state index is -0.669. The number of hydrogen-bond acceptors (Lipinski definition) is 18. The van der Waals surface area contributed by atoms with Crippen LogP contribution in [0.5, 0.6) is 11.5 Å². The highest BCUT2D eigenvalue weighted by Crippen LogP contribution is 2.37. The van der Waals surface area contributed by atoms with Gasteiger partial charge >= 0.3 is 0 Å². The number of aromatic nitrogens is 9. The van der Waals surface area contributed by atoms with E-state index in [1.54, 1.807) is 44.3 Å². The van der Waals surface area contributed by atoms with Crippen molar-refractivity contribution in [2.75, 3.05) is 87.3 Å². The second-order valence-corrected chi connectivity index (χ2v) is 28.6. The van der Waals surface area contributed by atoms with Gasteiger partial charge in [0.25, 0.3) is 17.7 Å². The number of primary amides is 2. The Labute approximate surface area is 597 Å². The van der Waals surface area contributed by atoms with Crippen LogP contribution in [0.2, 0.25) is 0 Å². The lowest BCUT2D eigenvalue weighted by Gasteiger charge is -2.35. The number of imidazole rings is 2. The molecule has 0 spiro atoms. The van der Waals surface area contributed by atoms with Crippen LogP contribution in [-0.4, -0.2) is 167 Å². The Bertz CT molecular complexity index is 4600. The normalized spacial score (nSPS) is 17.1. The molecule has 4 aliphatic rings. The van der Waals surface area contributed by atoms with Crippen molar-refractivity contribution in [3.05, 3.63) is 134 Å². The Hall–Kier alpha value is -9.70. The lowest BCUT2D eigenvalue weighted by Crippen LogP contribution is -2.51. The molecule has 1 aliphatic carbocycles. The Balaban J connectivity index is 0.568. The number of thiophene rings is 1. The van der Waals surface area contributed by atoms with Crippen molar-refractivity contribution >= 4 is 96.4 Å². The maximum absolute atomic E-state index is 14.1. The summed E-state index contributed by atoms with van der Waals surface area (Å²) in [6, 6.07) is 22.1. The smallest absolute Gasteiger partial charge is 0.276 e. The number of aryl methyl sites for hydroxylation is 6. The van der Waals surface area contributed by atoms with E-state index in [-0.39, 0.29) is 48.1 Å². The van der Waals surface area contributed by atoms with Gasteiger partial charge in [0, 0.05) is 118 Å². The molecule has 26 nitrogen and oxygen atoms in total. The number of benzene rings is 3. The maximum atomic E-state index is 14.1. The number of nitrogens with zero attached hydrogens (tertiary/aromatic N) is 12. The molecule has 9 aromatic rings. The number of pyridine rings is 1. The second-order valence-electron chi connectivity index (χ2n) is 27.6. The van der Waals surface area contributed by atoms with Crippen LogP contribution in [0, 0.1) is 13.8 Å². The molecule has 3 fully saturated rings. The number of methoxy groups -OCH3 is 1. The number of piperazine rings is 2. The molecule has 0 unspecified atom stereocenters. The fourth-order valence-corrected chi connectivity index (χ4v) is 16.1. The number of nitrogen functional groups attached to an aromatic ring is 1. The molecule has 0 radical (unpaired) electrons. The standard InChI is InChI=1S/C75H95N19O7S/c1-6-93-60(36-46(3)86-93)70(97)84-74-82-58-40-50(68(77)95)42-62(100-5)65(58)91(74)29-15-16-30-92-66-59(83-75(92)85-71(98)61-37-47(4)87-94(61)7-2)41-51(69(78)96)43-63(66)101-35-17-28-89-33-31-88(32-34-89)27-14-12-10-8-9-11-13-18-52-24-26-57-64(76)67(102-73(57)81-52)72(99)80-53-21-19-49-39-56(25-20-48(49)38-53)90-44-54-22-23-55(45-90)79-54/h15-16,20,24-26,36-37,39-43,53-55,79H,6-14,17-19,21-23,27-35,38,44-45,76H2,1-5H3,(H2,77,95)(H2,78,96)(H,80,99)(H,82,84,97)(H,83,85,98)/b16-15+/t53-,54-,55+/m0/s1. The number of amides is 5. The third-order valence-electron chi connectivity index (χ3n) is 20.4. The first-order valence-corrected chi connectivity index (χ1v) is 37.1. The summed E-state index contributed by atoms with van der Waals surface area (Å²) in [5.41, 5.74) is 28.1.